The summed E-state index contributed by atoms with van der Waals surface area (Å²) < 4.78 is 2.05. The second kappa shape index (κ2) is 8.07. The molecule has 0 spiro atoms. The van der Waals surface area contributed by atoms with E-state index in [2.05, 4.69) is 15.1 Å². The molecule has 0 atom stereocenters. The summed E-state index contributed by atoms with van der Waals surface area (Å²) in [5.74, 6) is -0.245. The molecule has 0 saturated carbocycles. The maximum Gasteiger partial charge on any atom is 0.281 e. The van der Waals surface area contributed by atoms with E-state index in [0.717, 1.165) is 22.0 Å². The van der Waals surface area contributed by atoms with Crippen LogP contribution in [0.1, 0.15) is 20.8 Å². The molecule has 0 bridgehead atoms. The van der Waals surface area contributed by atoms with E-state index in [9.17, 15) is 14.9 Å². The van der Waals surface area contributed by atoms with Gasteiger partial charge in [-0.25, -0.2) is 5.43 Å². The van der Waals surface area contributed by atoms with E-state index in [1.54, 1.807) is 24.4 Å². The van der Waals surface area contributed by atoms with Crippen LogP contribution in [0.2, 0.25) is 0 Å². The minimum Gasteiger partial charge on any atom is -0.342 e. The number of nitro groups is 1. The number of hydrazone groups is 1. The number of thiophene rings is 1. The predicted molar refractivity (Wildman–Crippen MR) is 114 cm³/mol. The predicted octanol–water partition coefficient (Wildman–Crippen LogP) is 4.42. The quantitative estimate of drug-likeness (QED) is 0.293. The highest BCUT2D eigenvalue weighted by atomic mass is 32.1. The van der Waals surface area contributed by atoms with E-state index in [1.165, 1.54) is 23.5 Å². The van der Waals surface area contributed by atoms with Crippen LogP contribution in [0.4, 0.5) is 5.69 Å². The summed E-state index contributed by atoms with van der Waals surface area (Å²) in [7, 11) is 0. The number of fused-ring (bicyclic) bond motifs is 1. The molecule has 4 aromatic rings. The van der Waals surface area contributed by atoms with Crippen molar-refractivity contribution in [2.24, 2.45) is 5.10 Å². The molecular weight excluding hydrogens is 388 g/mol. The molecule has 4 rings (SSSR count). The van der Waals surface area contributed by atoms with Crippen molar-refractivity contribution < 1.29 is 9.72 Å². The van der Waals surface area contributed by atoms with Gasteiger partial charge in [-0.15, -0.1) is 11.3 Å². The van der Waals surface area contributed by atoms with Crippen LogP contribution in [0.15, 0.2) is 77.3 Å². The standard InChI is InChI=1S/C21H16N4O3S/c26-21(20-6-3-11-29-20)23-22-12-16-14-24(19-5-2-1-4-18(16)19)13-15-7-9-17(10-8-15)25(27)28/h1-12,14H,13H2,(H,23,26). The van der Waals surface area contributed by atoms with Crippen molar-refractivity contribution in [1.29, 1.82) is 0 Å². The zero-order chi connectivity index (χ0) is 20.2. The highest BCUT2D eigenvalue weighted by Gasteiger charge is 2.09. The molecule has 0 unspecified atom stereocenters. The third kappa shape index (κ3) is 4.07. The molecule has 29 heavy (non-hydrogen) atoms. The van der Waals surface area contributed by atoms with Gasteiger partial charge in [-0.3, -0.25) is 14.9 Å². The van der Waals surface area contributed by atoms with Crippen LogP contribution < -0.4 is 5.43 Å². The first kappa shape index (κ1) is 18.6. The summed E-state index contributed by atoms with van der Waals surface area (Å²) >= 11 is 1.36. The number of benzene rings is 2. The molecule has 0 radical (unpaired) electrons. The Morgan fingerprint density at radius 1 is 1.14 bits per heavy atom. The molecule has 1 N–H and O–H groups in total. The Labute approximate surface area is 170 Å². The Morgan fingerprint density at radius 2 is 1.93 bits per heavy atom. The number of carbonyl (C=O) groups is 1. The van der Waals surface area contributed by atoms with Crippen LogP contribution >= 0.6 is 11.3 Å². The lowest BCUT2D eigenvalue weighted by molar-refractivity contribution is -0.384. The van der Waals surface area contributed by atoms with Gasteiger partial charge in [0, 0.05) is 41.3 Å². The molecule has 0 saturated heterocycles. The first-order valence-corrected chi connectivity index (χ1v) is 9.68. The Hall–Kier alpha value is -3.78. The van der Waals surface area contributed by atoms with Gasteiger partial charge >= 0.3 is 0 Å². The van der Waals surface area contributed by atoms with Gasteiger partial charge in [0.05, 0.1) is 16.0 Å². The fraction of sp³-hybridized carbons (Fsp3) is 0.0476. The summed E-state index contributed by atoms with van der Waals surface area (Å²) in [5, 5.41) is 17.8. The van der Waals surface area contributed by atoms with Crippen LogP contribution in [0.3, 0.4) is 0 Å². The van der Waals surface area contributed by atoms with Gasteiger partial charge in [0.2, 0.25) is 0 Å². The lowest BCUT2D eigenvalue weighted by Gasteiger charge is -2.05. The van der Waals surface area contributed by atoms with Gasteiger partial charge in [-0.1, -0.05) is 36.4 Å². The normalized spacial score (nSPS) is 11.2. The number of hydrogen-bond acceptors (Lipinski definition) is 5. The smallest absolute Gasteiger partial charge is 0.281 e. The molecular formula is C21H16N4O3S. The molecule has 0 aliphatic carbocycles. The molecule has 7 nitrogen and oxygen atoms in total. The fourth-order valence-corrected chi connectivity index (χ4v) is 3.67. The average Bonchev–Trinajstić information content (AvgIpc) is 3.38. The highest BCUT2D eigenvalue weighted by molar-refractivity contribution is 7.12. The maximum absolute atomic E-state index is 12.0. The minimum atomic E-state index is -0.409. The molecule has 2 heterocycles. The van der Waals surface area contributed by atoms with Crippen molar-refractivity contribution in [3.8, 4) is 0 Å². The second-order valence-electron chi connectivity index (χ2n) is 6.33. The van der Waals surface area contributed by atoms with Crippen molar-refractivity contribution in [3.05, 3.63) is 98.4 Å². The summed E-state index contributed by atoms with van der Waals surface area (Å²) in [6, 6.07) is 18.0. The van der Waals surface area contributed by atoms with E-state index in [4.69, 9.17) is 0 Å². The number of para-hydroxylation sites is 1. The Bertz CT molecular complexity index is 1190. The van der Waals surface area contributed by atoms with Gasteiger partial charge in [-0.05, 0) is 23.1 Å². The van der Waals surface area contributed by atoms with Gasteiger partial charge in [0.15, 0.2) is 0 Å². The topological polar surface area (TPSA) is 89.5 Å². The van der Waals surface area contributed by atoms with Crippen molar-refractivity contribution in [1.82, 2.24) is 9.99 Å². The largest absolute Gasteiger partial charge is 0.342 e. The molecule has 1 amide bonds. The van der Waals surface area contributed by atoms with Gasteiger partial charge in [-0.2, -0.15) is 5.10 Å². The highest BCUT2D eigenvalue weighted by Crippen LogP contribution is 2.22. The number of nitro benzene ring substituents is 1. The van der Waals surface area contributed by atoms with Gasteiger partial charge in [0.1, 0.15) is 0 Å². The number of hydrogen-bond donors (Lipinski definition) is 1. The summed E-state index contributed by atoms with van der Waals surface area (Å²) in [4.78, 5) is 23.0. The van der Waals surface area contributed by atoms with Gasteiger partial charge < -0.3 is 4.57 Å². The number of amides is 1. The van der Waals surface area contributed by atoms with Crippen molar-refractivity contribution in [2.45, 2.75) is 6.54 Å². The number of aromatic nitrogens is 1. The lowest BCUT2D eigenvalue weighted by Crippen LogP contribution is -2.16. The van der Waals surface area contributed by atoms with Crippen molar-refractivity contribution in [2.75, 3.05) is 0 Å². The SMILES string of the molecule is O=C(NN=Cc1cn(Cc2ccc([N+](=O)[O-])cc2)c2ccccc12)c1cccs1. The van der Waals surface area contributed by atoms with E-state index >= 15 is 0 Å². The summed E-state index contributed by atoms with van der Waals surface area (Å²) in [5.41, 5.74) is 5.44. The number of non-ortho nitro benzene ring substituents is 1. The first-order valence-electron chi connectivity index (χ1n) is 8.80. The van der Waals surface area contributed by atoms with E-state index < -0.39 is 4.92 Å². The van der Waals surface area contributed by atoms with Crippen LogP contribution in [0, 0.1) is 10.1 Å². The number of rotatable bonds is 6. The first-order chi connectivity index (χ1) is 14.1. The fourth-order valence-electron chi connectivity index (χ4n) is 3.05. The summed E-state index contributed by atoms with van der Waals surface area (Å²) in [6.45, 7) is 0.563. The monoisotopic (exact) mass is 404 g/mol. The zero-order valence-corrected chi connectivity index (χ0v) is 16.0. The van der Waals surface area contributed by atoms with Gasteiger partial charge in [0.25, 0.3) is 11.6 Å². The molecule has 0 aliphatic rings. The van der Waals surface area contributed by atoms with Crippen LogP contribution in [-0.4, -0.2) is 21.6 Å². The van der Waals surface area contributed by atoms with Crippen LogP contribution in [-0.2, 0) is 6.54 Å². The third-order valence-corrected chi connectivity index (χ3v) is 5.30. The molecule has 0 fully saturated rings. The number of nitrogens with zero attached hydrogens (tertiary/aromatic N) is 3. The Morgan fingerprint density at radius 3 is 2.66 bits per heavy atom. The Balaban J connectivity index is 1.57. The number of nitrogens with one attached hydrogen (secondary N) is 1. The molecule has 8 heteroatoms. The van der Waals surface area contributed by atoms with Crippen LogP contribution in [0.25, 0.3) is 10.9 Å². The molecule has 2 aromatic heterocycles. The Kier molecular flexibility index (Phi) is 5.17. The zero-order valence-electron chi connectivity index (χ0n) is 15.2. The lowest BCUT2D eigenvalue weighted by atomic mass is 10.2. The maximum atomic E-state index is 12.0. The molecule has 144 valence electrons. The minimum absolute atomic E-state index is 0.0698. The number of carbonyl (C=O) groups excluding carboxylic acids is 1. The van der Waals surface area contributed by atoms with E-state index in [-0.39, 0.29) is 11.6 Å². The van der Waals surface area contributed by atoms with Crippen molar-refractivity contribution in [3.63, 3.8) is 0 Å². The average molecular weight is 404 g/mol. The molecule has 0 aliphatic heterocycles. The second-order valence-corrected chi connectivity index (χ2v) is 7.28. The molecule has 2 aromatic carbocycles. The third-order valence-electron chi connectivity index (χ3n) is 4.43. The van der Waals surface area contributed by atoms with Crippen molar-refractivity contribution >= 4 is 40.0 Å². The van der Waals surface area contributed by atoms with Crippen LogP contribution in [0.5, 0.6) is 0 Å². The van der Waals surface area contributed by atoms with E-state index in [0.29, 0.717) is 11.4 Å². The van der Waals surface area contributed by atoms with E-state index in [1.807, 2.05) is 41.9 Å². The summed E-state index contributed by atoms with van der Waals surface area (Å²) in [6.07, 6.45) is 3.58.